The molecule has 0 fully saturated rings. The van der Waals surface area contributed by atoms with Gasteiger partial charge in [0.05, 0.1) is 6.61 Å². The van der Waals surface area contributed by atoms with E-state index in [1.54, 1.807) is 0 Å². The van der Waals surface area contributed by atoms with Gasteiger partial charge in [-0.1, -0.05) is 30.3 Å². The fourth-order valence-corrected chi connectivity index (χ4v) is 2.16. The van der Waals surface area contributed by atoms with Crippen LogP contribution in [0.15, 0.2) is 35.3 Å². The zero-order chi connectivity index (χ0) is 17.3. The minimum absolute atomic E-state index is 0. The van der Waals surface area contributed by atoms with E-state index in [4.69, 9.17) is 9.47 Å². The number of nitrogens with zero attached hydrogens (tertiary/aromatic N) is 1. The summed E-state index contributed by atoms with van der Waals surface area (Å²) in [6.45, 7) is 9.68. The first-order valence-electron chi connectivity index (χ1n) is 9.08. The molecule has 5 nitrogen and oxygen atoms in total. The lowest BCUT2D eigenvalue weighted by Crippen LogP contribution is -2.38. The van der Waals surface area contributed by atoms with Crippen LogP contribution in [-0.4, -0.2) is 52.0 Å². The zero-order valence-electron chi connectivity index (χ0n) is 15.6. The highest BCUT2D eigenvalue weighted by molar-refractivity contribution is 14.0. The Morgan fingerprint density at radius 3 is 2.44 bits per heavy atom. The van der Waals surface area contributed by atoms with Crippen molar-refractivity contribution in [3.63, 3.8) is 0 Å². The lowest BCUT2D eigenvalue weighted by atomic mass is 10.2. The first-order valence-corrected chi connectivity index (χ1v) is 9.08. The van der Waals surface area contributed by atoms with Gasteiger partial charge in [0.2, 0.25) is 0 Å². The normalized spacial score (nSPS) is 11.0. The molecule has 0 amide bonds. The van der Waals surface area contributed by atoms with E-state index >= 15 is 0 Å². The van der Waals surface area contributed by atoms with Gasteiger partial charge in [0.15, 0.2) is 5.96 Å². The summed E-state index contributed by atoms with van der Waals surface area (Å²) in [6, 6.07) is 10.4. The van der Waals surface area contributed by atoms with Crippen LogP contribution in [0.3, 0.4) is 0 Å². The first kappa shape index (κ1) is 24.1. The van der Waals surface area contributed by atoms with Crippen molar-refractivity contribution in [3.8, 4) is 0 Å². The van der Waals surface area contributed by atoms with Gasteiger partial charge in [-0.2, -0.15) is 0 Å². The van der Waals surface area contributed by atoms with E-state index in [0.29, 0.717) is 0 Å². The van der Waals surface area contributed by atoms with Crippen molar-refractivity contribution in [2.75, 3.05) is 46.1 Å². The number of hydrogen-bond donors (Lipinski definition) is 2. The van der Waals surface area contributed by atoms with Crippen molar-refractivity contribution in [2.24, 2.45) is 4.99 Å². The van der Waals surface area contributed by atoms with Gasteiger partial charge in [0.1, 0.15) is 0 Å². The average molecular weight is 463 g/mol. The number of aliphatic imine (C=N–C) groups is 1. The van der Waals surface area contributed by atoms with E-state index in [9.17, 15) is 0 Å². The van der Waals surface area contributed by atoms with Crippen LogP contribution in [0.2, 0.25) is 0 Å². The lowest BCUT2D eigenvalue weighted by molar-refractivity contribution is 0.136. The molecule has 1 aromatic carbocycles. The Kier molecular flexibility index (Phi) is 17.3. The molecule has 1 aromatic rings. The Labute approximate surface area is 170 Å². The SMILES string of the molecule is CCNC(=NCCCOCCc1ccccc1)NCCCOCC.I. The minimum Gasteiger partial charge on any atom is -0.382 e. The minimum atomic E-state index is 0. The Morgan fingerprint density at radius 2 is 1.72 bits per heavy atom. The number of rotatable bonds is 13. The average Bonchev–Trinajstić information content (AvgIpc) is 2.61. The third kappa shape index (κ3) is 14.0. The van der Waals surface area contributed by atoms with E-state index in [-0.39, 0.29) is 24.0 Å². The van der Waals surface area contributed by atoms with Crippen LogP contribution in [0.1, 0.15) is 32.3 Å². The summed E-state index contributed by atoms with van der Waals surface area (Å²) in [7, 11) is 0. The highest BCUT2D eigenvalue weighted by Gasteiger charge is 1.97. The van der Waals surface area contributed by atoms with Crippen LogP contribution in [0.5, 0.6) is 0 Å². The van der Waals surface area contributed by atoms with Crippen LogP contribution >= 0.6 is 24.0 Å². The lowest BCUT2D eigenvalue weighted by Gasteiger charge is -2.11. The van der Waals surface area contributed by atoms with Crippen LogP contribution in [-0.2, 0) is 15.9 Å². The van der Waals surface area contributed by atoms with Crippen molar-refractivity contribution in [2.45, 2.75) is 33.1 Å². The van der Waals surface area contributed by atoms with Crippen molar-refractivity contribution >= 4 is 29.9 Å². The molecule has 144 valence electrons. The number of nitrogens with one attached hydrogen (secondary N) is 2. The predicted molar refractivity (Wildman–Crippen MR) is 116 cm³/mol. The fraction of sp³-hybridized carbons (Fsp3) is 0.632. The molecular weight excluding hydrogens is 429 g/mol. The Morgan fingerprint density at radius 1 is 0.960 bits per heavy atom. The molecule has 0 spiro atoms. The predicted octanol–water partition coefficient (Wildman–Crippen LogP) is 3.24. The smallest absolute Gasteiger partial charge is 0.191 e. The molecule has 6 heteroatoms. The van der Waals surface area contributed by atoms with Gasteiger partial charge in [-0.05, 0) is 38.7 Å². The van der Waals surface area contributed by atoms with E-state index < -0.39 is 0 Å². The molecular formula is C19H34IN3O2. The number of ether oxygens (including phenoxy) is 2. The Balaban J connectivity index is 0.00000576. The molecule has 0 aliphatic rings. The summed E-state index contributed by atoms with van der Waals surface area (Å²) >= 11 is 0. The molecule has 0 aromatic heterocycles. The third-order valence-electron chi connectivity index (χ3n) is 3.40. The van der Waals surface area contributed by atoms with Crippen molar-refractivity contribution < 1.29 is 9.47 Å². The van der Waals surface area contributed by atoms with Gasteiger partial charge in [-0.3, -0.25) is 4.99 Å². The van der Waals surface area contributed by atoms with Crippen LogP contribution in [0.25, 0.3) is 0 Å². The van der Waals surface area contributed by atoms with Crippen molar-refractivity contribution in [1.82, 2.24) is 10.6 Å². The molecule has 0 saturated heterocycles. The molecule has 0 aliphatic carbocycles. The summed E-state index contributed by atoms with van der Waals surface area (Å²) in [4.78, 5) is 4.56. The molecule has 0 radical (unpaired) electrons. The molecule has 0 aliphatic heterocycles. The Bertz CT molecular complexity index is 430. The second kappa shape index (κ2) is 17.9. The van der Waals surface area contributed by atoms with Gasteiger partial charge in [0, 0.05) is 39.5 Å². The maximum Gasteiger partial charge on any atom is 0.191 e. The molecule has 0 bridgehead atoms. The highest BCUT2D eigenvalue weighted by atomic mass is 127. The standard InChI is InChI=1S/C19H33N3O2.HI/c1-3-20-19(21-13-8-15-23-4-2)22-14-9-16-24-17-12-18-10-6-5-7-11-18;/h5-7,10-11H,3-4,8-9,12-17H2,1-2H3,(H2,20,21,22);1H. The zero-order valence-corrected chi connectivity index (χ0v) is 18.0. The largest absolute Gasteiger partial charge is 0.382 e. The molecule has 0 unspecified atom stereocenters. The van der Waals surface area contributed by atoms with E-state index in [2.05, 4.69) is 46.8 Å². The van der Waals surface area contributed by atoms with Crippen LogP contribution in [0, 0.1) is 0 Å². The van der Waals surface area contributed by atoms with E-state index in [0.717, 1.165) is 71.3 Å². The summed E-state index contributed by atoms with van der Waals surface area (Å²) in [5.41, 5.74) is 1.32. The summed E-state index contributed by atoms with van der Waals surface area (Å²) in [5, 5.41) is 6.58. The third-order valence-corrected chi connectivity index (χ3v) is 3.40. The summed E-state index contributed by atoms with van der Waals surface area (Å²) < 4.78 is 11.0. The molecule has 0 saturated carbocycles. The summed E-state index contributed by atoms with van der Waals surface area (Å²) in [6.07, 6.45) is 2.89. The quantitative estimate of drug-likeness (QED) is 0.204. The number of guanidine groups is 1. The van der Waals surface area contributed by atoms with Gasteiger partial charge in [0.25, 0.3) is 0 Å². The van der Waals surface area contributed by atoms with E-state index in [1.807, 2.05) is 13.0 Å². The molecule has 2 N–H and O–H groups in total. The monoisotopic (exact) mass is 463 g/mol. The van der Waals surface area contributed by atoms with Gasteiger partial charge >= 0.3 is 0 Å². The van der Waals surface area contributed by atoms with Gasteiger partial charge in [-0.25, -0.2) is 0 Å². The summed E-state index contributed by atoms with van der Waals surface area (Å²) in [5.74, 6) is 0.873. The Hall–Kier alpha value is -0.860. The number of halogens is 1. The highest BCUT2D eigenvalue weighted by Crippen LogP contribution is 1.99. The van der Waals surface area contributed by atoms with Gasteiger partial charge < -0.3 is 20.1 Å². The fourth-order valence-electron chi connectivity index (χ4n) is 2.16. The molecule has 0 heterocycles. The van der Waals surface area contributed by atoms with Crippen LogP contribution in [0.4, 0.5) is 0 Å². The second-order valence-electron chi connectivity index (χ2n) is 5.44. The number of hydrogen-bond acceptors (Lipinski definition) is 3. The molecule has 0 atom stereocenters. The molecule has 1 rings (SSSR count). The van der Waals surface area contributed by atoms with Crippen molar-refractivity contribution in [1.29, 1.82) is 0 Å². The van der Waals surface area contributed by atoms with Gasteiger partial charge in [-0.15, -0.1) is 24.0 Å². The van der Waals surface area contributed by atoms with Crippen molar-refractivity contribution in [3.05, 3.63) is 35.9 Å². The molecule has 25 heavy (non-hydrogen) atoms. The van der Waals surface area contributed by atoms with E-state index in [1.165, 1.54) is 5.56 Å². The van der Waals surface area contributed by atoms with Crippen LogP contribution < -0.4 is 10.6 Å². The topological polar surface area (TPSA) is 54.9 Å². The maximum absolute atomic E-state index is 5.68. The maximum atomic E-state index is 5.68. The second-order valence-corrected chi connectivity index (χ2v) is 5.44. The number of benzene rings is 1. The first-order chi connectivity index (χ1) is 11.9.